The first-order chi connectivity index (χ1) is 13.9. The molecule has 0 unspecified atom stereocenters. The lowest BCUT2D eigenvalue weighted by Gasteiger charge is -2.38. The van der Waals surface area contributed by atoms with E-state index >= 15 is 0 Å². The lowest BCUT2D eigenvalue weighted by Crippen LogP contribution is -2.46. The number of rotatable bonds is 5. The number of carboxylic acid groups (broad SMARTS) is 1. The van der Waals surface area contributed by atoms with Crippen LogP contribution in [0.4, 0.5) is 17.1 Å². The van der Waals surface area contributed by atoms with Gasteiger partial charge in [-0.25, -0.2) is 4.79 Å². The summed E-state index contributed by atoms with van der Waals surface area (Å²) in [6, 6.07) is 11.9. The van der Waals surface area contributed by atoms with Gasteiger partial charge in [-0.05, 0) is 42.3 Å². The summed E-state index contributed by atoms with van der Waals surface area (Å²) in [5.41, 5.74) is 9.13. The number of nitrogens with zero attached hydrogens (tertiary/aromatic N) is 3. The van der Waals surface area contributed by atoms with Crippen LogP contribution in [0.15, 0.2) is 42.5 Å². The van der Waals surface area contributed by atoms with Crippen molar-refractivity contribution in [1.29, 1.82) is 0 Å². The summed E-state index contributed by atoms with van der Waals surface area (Å²) in [4.78, 5) is 26.0. The Hall–Kier alpha value is -3.20. The highest BCUT2D eigenvalue weighted by Crippen LogP contribution is 2.26. The number of carbonyl (C=O) groups is 1. The number of hydrogen-bond acceptors (Lipinski definition) is 6. The number of nitro groups is 1. The Morgan fingerprint density at radius 3 is 2.21 bits per heavy atom. The van der Waals surface area contributed by atoms with Crippen molar-refractivity contribution in [2.45, 2.75) is 13.3 Å². The third-order valence-corrected chi connectivity index (χ3v) is 4.75. The van der Waals surface area contributed by atoms with E-state index in [0.717, 1.165) is 55.0 Å². The normalized spacial score (nSPS) is 13.3. The number of nitrogens with two attached hydrogens (primary N) is 1. The van der Waals surface area contributed by atoms with E-state index < -0.39 is 10.9 Å². The van der Waals surface area contributed by atoms with Gasteiger partial charge in [0.1, 0.15) is 0 Å². The number of thiocarbonyl (C=S) groups is 1. The average molecular weight is 417 g/mol. The standard InChI is InChI=1S/C19H21N3O4.CH3NS/c1-2-14-13-15(19(23)24)3-8-18(14)21-11-9-20(10-12-21)16-4-6-17(7-5-16)22(25)26;2-1-3/h3-8,13H,2,9-12H2,1H3,(H,23,24);1H,(H2,2,3). The van der Waals surface area contributed by atoms with Crippen LogP contribution in [0.3, 0.4) is 0 Å². The molecular formula is C20H24N4O4S. The van der Waals surface area contributed by atoms with Crippen LogP contribution in [0, 0.1) is 10.1 Å². The molecule has 1 saturated heterocycles. The Kier molecular flexibility index (Phi) is 7.90. The lowest BCUT2D eigenvalue weighted by atomic mass is 10.0. The fraction of sp³-hybridized carbons (Fsp3) is 0.300. The van der Waals surface area contributed by atoms with Gasteiger partial charge in [0.15, 0.2) is 0 Å². The second-order valence-electron chi connectivity index (χ2n) is 6.39. The summed E-state index contributed by atoms with van der Waals surface area (Å²) < 4.78 is 0. The zero-order chi connectivity index (χ0) is 21.4. The number of piperazine rings is 1. The smallest absolute Gasteiger partial charge is 0.335 e. The third kappa shape index (κ3) is 5.64. The van der Waals surface area contributed by atoms with Gasteiger partial charge in [0.05, 0.1) is 16.0 Å². The van der Waals surface area contributed by atoms with Crippen LogP contribution in [0.1, 0.15) is 22.8 Å². The van der Waals surface area contributed by atoms with Crippen molar-refractivity contribution in [2.75, 3.05) is 36.0 Å². The molecule has 3 rings (SSSR count). The molecule has 0 aliphatic carbocycles. The highest BCUT2D eigenvalue weighted by Gasteiger charge is 2.20. The first-order valence-corrected chi connectivity index (χ1v) is 9.64. The van der Waals surface area contributed by atoms with Gasteiger partial charge in [-0.15, -0.1) is 0 Å². The predicted molar refractivity (Wildman–Crippen MR) is 118 cm³/mol. The van der Waals surface area contributed by atoms with Crippen LogP contribution in [0.5, 0.6) is 0 Å². The minimum atomic E-state index is -0.908. The Morgan fingerprint density at radius 2 is 1.72 bits per heavy atom. The summed E-state index contributed by atoms with van der Waals surface area (Å²) in [6.07, 6.45) is 0.777. The first-order valence-electron chi connectivity index (χ1n) is 9.17. The Balaban J connectivity index is 0.000000941. The molecule has 0 spiro atoms. The molecule has 2 aromatic rings. The molecule has 154 valence electrons. The molecule has 0 amide bonds. The maximum absolute atomic E-state index is 11.2. The SMILES string of the molecule is CCc1cc(C(=O)O)ccc1N1CCN(c2ccc([N+](=O)[O-])cc2)CC1.NC=S. The van der Waals surface area contributed by atoms with E-state index in [2.05, 4.69) is 27.8 Å². The molecule has 1 aliphatic heterocycles. The fourth-order valence-corrected chi connectivity index (χ4v) is 3.30. The molecule has 0 bridgehead atoms. The van der Waals surface area contributed by atoms with Crippen molar-refractivity contribution in [3.63, 3.8) is 0 Å². The molecule has 1 aliphatic rings. The van der Waals surface area contributed by atoms with Gasteiger partial charge in [-0.2, -0.15) is 0 Å². The van der Waals surface area contributed by atoms with Crippen molar-refractivity contribution in [3.05, 3.63) is 63.7 Å². The van der Waals surface area contributed by atoms with Crippen molar-refractivity contribution in [3.8, 4) is 0 Å². The molecule has 1 fully saturated rings. The molecule has 9 heteroatoms. The van der Waals surface area contributed by atoms with Crippen LogP contribution < -0.4 is 15.5 Å². The number of nitro benzene ring substituents is 1. The number of benzene rings is 2. The zero-order valence-corrected chi connectivity index (χ0v) is 17.0. The largest absolute Gasteiger partial charge is 0.478 e. The minimum Gasteiger partial charge on any atom is -0.478 e. The van der Waals surface area contributed by atoms with Gasteiger partial charge in [-0.3, -0.25) is 10.1 Å². The molecule has 1 heterocycles. The molecule has 3 N–H and O–H groups in total. The monoisotopic (exact) mass is 416 g/mol. The van der Waals surface area contributed by atoms with E-state index in [4.69, 9.17) is 5.11 Å². The highest BCUT2D eigenvalue weighted by molar-refractivity contribution is 7.78. The topological polar surface area (TPSA) is 113 Å². The molecule has 2 aromatic carbocycles. The number of aryl methyl sites for hydroxylation is 1. The van der Waals surface area contributed by atoms with E-state index in [1.54, 1.807) is 24.3 Å². The van der Waals surface area contributed by atoms with E-state index in [1.165, 1.54) is 12.1 Å². The number of hydrogen-bond donors (Lipinski definition) is 2. The zero-order valence-electron chi connectivity index (χ0n) is 16.2. The van der Waals surface area contributed by atoms with E-state index in [0.29, 0.717) is 5.56 Å². The number of carboxylic acids is 1. The van der Waals surface area contributed by atoms with E-state index in [9.17, 15) is 14.9 Å². The highest BCUT2D eigenvalue weighted by atomic mass is 32.1. The first kappa shape index (κ1) is 22.1. The third-order valence-electron chi connectivity index (χ3n) is 4.75. The van der Waals surface area contributed by atoms with Crippen molar-refractivity contribution in [2.24, 2.45) is 5.73 Å². The molecule has 8 nitrogen and oxygen atoms in total. The van der Waals surface area contributed by atoms with Crippen LogP contribution in [0.25, 0.3) is 0 Å². The Morgan fingerprint density at radius 1 is 1.17 bits per heavy atom. The minimum absolute atomic E-state index is 0.0958. The number of aromatic carboxylic acids is 1. The van der Waals surface area contributed by atoms with Crippen LogP contribution in [-0.2, 0) is 6.42 Å². The van der Waals surface area contributed by atoms with Crippen LogP contribution in [-0.4, -0.2) is 47.7 Å². The number of non-ortho nitro benzene ring substituents is 1. The van der Waals surface area contributed by atoms with Gasteiger partial charge in [0.2, 0.25) is 0 Å². The maximum Gasteiger partial charge on any atom is 0.335 e. The summed E-state index contributed by atoms with van der Waals surface area (Å²) in [6.45, 7) is 5.27. The van der Waals surface area contributed by atoms with E-state index in [-0.39, 0.29) is 5.69 Å². The fourth-order valence-electron chi connectivity index (χ4n) is 3.30. The second-order valence-corrected chi connectivity index (χ2v) is 6.66. The Bertz CT molecular complexity index is 865. The van der Waals surface area contributed by atoms with Gasteiger partial charge in [0, 0.05) is 49.7 Å². The van der Waals surface area contributed by atoms with Gasteiger partial charge in [0.25, 0.3) is 5.69 Å². The van der Waals surface area contributed by atoms with E-state index in [1.807, 2.05) is 13.0 Å². The number of anilines is 2. The van der Waals surface area contributed by atoms with Crippen LogP contribution in [0.2, 0.25) is 0 Å². The van der Waals surface area contributed by atoms with Crippen molar-refractivity contribution < 1.29 is 14.8 Å². The average Bonchev–Trinajstić information content (AvgIpc) is 2.74. The van der Waals surface area contributed by atoms with Gasteiger partial charge < -0.3 is 20.6 Å². The molecule has 0 radical (unpaired) electrons. The predicted octanol–water partition coefficient (Wildman–Crippen LogP) is 3.08. The molecular weight excluding hydrogens is 392 g/mol. The molecule has 29 heavy (non-hydrogen) atoms. The second kappa shape index (κ2) is 10.4. The summed E-state index contributed by atoms with van der Waals surface area (Å²) in [5.74, 6) is -0.908. The van der Waals surface area contributed by atoms with Gasteiger partial charge >= 0.3 is 5.97 Å². The summed E-state index contributed by atoms with van der Waals surface area (Å²) in [7, 11) is 0. The quantitative estimate of drug-likeness (QED) is 0.434. The molecule has 0 aromatic heterocycles. The van der Waals surface area contributed by atoms with Crippen molar-refractivity contribution in [1.82, 2.24) is 0 Å². The molecule has 0 saturated carbocycles. The lowest BCUT2D eigenvalue weighted by molar-refractivity contribution is -0.384. The molecule has 0 atom stereocenters. The van der Waals surface area contributed by atoms with Gasteiger partial charge in [-0.1, -0.05) is 19.1 Å². The summed E-state index contributed by atoms with van der Waals surface area (Å²) in [5, 5.41) is 19.9. The maximum atomic E-state index is 11.2. The summed E-state index contributed by atoms with van der Waals surface area (Å²) >= 11 is 4.05. The van der Waals surface area contributed by atoms with Crippen LogP contribution >= 0.6 is 12.2 Å². The Labute approximate surface area is 174 Å². The van der Waals surface area contributed by atoms with Crippen molar-refractivity contribution >= 4 is 40.7 Å².